The predicted octanol–water partition coefficient (Wildman–Crippen LogP) is 3.35. The van der Waals surface area contributed by atoms with Crippen LogP contribution in [-0.2, 0) is 0 Å². The van der Waals surface area contributed by atoms with Gasteiger partial charge in [0.05, 0.1) is 5.52 Å². The van der Waals surface area contributed by atoms with Crippen LogP contribution in [0.3, 0.4) is 0 Å². The van der Waals surface area contributed by atoms with Gasteiger partial charge in [0.25, 0.3) is 0 Å². The number of piperidine rings is 1. The monoisotopic (exact) mass is 299 g/mol. The van der Waals surface area contributed by atoms with Crippen molar-refractivity contribution in [2.45, 2.75) is 20.3 Å². The Labute approximate surface area is 131 Å². The van der Waals surface area contributed by atoms with Crippen LogP contribution in [0.25, 0.3) is 10.9 Å². The lowest BCUT2D eigenvalue weighted by Crippen LogP contribution is -2.39. The van der Waals surface area contributed by atoms with Gasteiger partial charge in [-0.15, -0.1) is 0 Å². The fourth-order valence-electron chi connectivity index (χ4n) is 3.00. The van der Waals surface area contributed by atoms with Crippen molar-refractivity contribution in [2.75, 3.05) is 18.0 Å². The van der Waals surface area contributed by atoms with Gasteiger partial charge < -0.3 is 10.6 Å². The normalized spacial score (nSPS) is 22.5. The van der Waals surface area contributed by atoms with Gasteiger partial charge in [0, 0.05) is 24.0 Å². The Morgan fingerprint density at radius 2 is 2.05 bits per heavy atom. The smallest absolute Gasteiger partial charge is 0.129 e. The summed E-state index contributed by atoms with van der Waals surface area (Å²) in [7, 11) is 0. The number of para-hydroxylation sites is 1. The Morgan fingerprint density at radius 1 is 1.29 bits per heavy atom. The zero-order chi connectivity index (χ0) is 15.0. The first-order chi connectivity index (χ1) is 10.1. The van der Waals surface area contributed by atoms with E-state index in [1.165, 1.54) is 6.42 Å². The number of rotatable bonds is 2. The van der Waals surface area contributed by atoms with Crippen LogP contribution >= 0.6 is 12.2 Å². The first-order valence-electron chi connectivity index (χ1n) is 7.51. The number of aromatic nitrogens is 1. The number of benzene rings is 1. The van der Waals surface area contributed by atoms with Crippen LogP contribution in [0.4, 0.5) is 5.82 Å². The molecule has 1 aliphatic rings. The number of fused-ring (bicyclic) bond motifs is 1. The van der Waals surface area contributed by atoms with Gasteiger partial charge in [-0.05, 0) is 30.4 Å². The number of pyridine rings is 1. The fourth-order valence-corrected chi connectivity index (χ4v) is 3.17. The van der Waals surface area contributed by atoms with Gasteiger partial charge in [0.15, 0.2) is 0 Å². The van der Waals surface area contributed by atoms with E-state index in [0.29, 0.717) is 10.9 Å². The van der Waals surface area contributed by atoms with Crippen LogP contribution in [0, 0.1) is 11.8 Å². The van der Waals surface area contributed by atoms with E-state index in [4.69, 9.17) is 22.9 Å². The van der Waals surface area contributed by atoms with E-state index in [0.717, 1.165) is 41.3 Å². The Kier molecular flexibility index (Phi) is 3.81. The highest BCUT2D eigenvalue weighted by Gasteiger charge is 2.24. The highest BCUT2D eigenvalue weighted by molar-refractivity contribution is 7.80. The zero-order valence-electron chi connectivity index (χ0n) is 12.5. The van der Waals surface area contributed by atoms with Crippen molar-refractivity contribution in [3.05, 3.63) is 35.9 Å². The van der Waals surface area contributed by atoms with Gasteiger partial charge in [-0.25, -0.2) is 4.98 Å². The van der Waals surface area contributed by atoms with E-state index >= 15 is 0 Å². The molecule has 1 aromatic heterocycles. The van der Waals surface area contributed by atoms with Crippen LogP contribution < -0.4 is 10.6 Å². The summed E-state index contributed by atoms with van der Waals surface area (Å²) in [5.74, 6) is 2.45. The number of nitrogens with zero attached hydrogens (tertiary/aromatic N) is 2. The minimum Gasteiger partial charge on any atom is -0.389 e. The summed E-state index contributed by atoms with van der Waals surface area (Å²) in [5.41, 5.74) is 7.80. The quantitative estimate of drug-likeness (QED) is 0.864. The zero-order valence-corrected chi connectivity index (χ0v) is 13.4. The maximum atomic E-state index is 5.91. The first kappa shape index (κ1) is 14.3. The van der Waals surface area contributed by atoms with Crippen molar-refractivity contribution in [2.24, 2.45) is 17.6 Å². The van der Waals surface area contributed by atoms with E-state index in [1.807, 2.05) is 30.3 Å². The van der Waals surface area contributed by atoms with Crippen molar-refractivity contribution in [1.29, 1.82) is 0 Å². The molecule has 2 unspecified atom stereocenters. The summed E-state index contributed by atoms with van der Waals surface area (Å²) in [6.07, 6.45) is 1.21. The van der Waals surface area contributed by atoms with Gasteiger partial charge in [-0.1, -0.05) is 44.3 Å². The third-order valence-corrected chi connectivity index (χ3v) is 4.85. The molecule has 2 aromatic rings. The SMILES string of the molecule is CC1CCN(c2cc(C(N)=S)c3ccccc3n2)CC1C. The summed E-state index contributed by atoms with van der Waals surface area (Å²) in [6, 6.07) is 10.1. The van der Waals surface area contributed by atoms with Crippen LogP contribution in [0.2, 0.25) is 0 Å². The number of hydrogen-bond acceptors (Lipinski definition) is 3. The number of anilines is 1. The average Bonchev–Trinajstić information content (AvgIpc) is 2.48. The topological polar surface area (TPSA) is 42.1 Å². The molecule has 4 heteroatoms. The molecule has 0 amide bonds. The third kappa shape index (κ3) is 2.72. The Morgan fingerprint density at radius 3 is 2.76 bits per heavy atom. The maximum Gasteiger partial charge on any atom is 0.129 e. The van der Waals surface area contributed by atoms with E-state index in [9.17, 15) is 0 Å². The van der Waals surface area contributed by atoms with Gasteiger partial charge >= 0.3 is 0 Å². The van der Waals surface area contributed by atoms with E-state index in [-0.39, 0.29) is 0 Å². The molecule has 2 atom stereocenters. The lowest BCUT2D eigenvalue weighted by Gasteiger charge is -2.36. The second-order valence-electron chi connectivity index (χ2n) is 6.10. The lowest BCUT2D eigenvalue weighted by molar-refractivity contribution is 0.323. The molecule has 3 rings (SSSR count). The molecule has 1 aromatic carbocycles. The second kappa shape index (κ2) is 5.60. The largest absolute Gasteiger partial charge is 0.389 e. The molecule has 1 fully saturated rings. The molecule has 0 spiro atoms. The van der Waals surface area contributed by atoms with Crippen LogP contribution in [0.5, 0.6) is 0 Å². The van der Waals surface area contributed by atoms with Gasteiger partial charge in [-0.2, -0.15) is 0 Å². The van der Waals surface area contributed by atoms with E-state index in [2.05, 4.69) is 18.7 Å². The van der Waals surface area contributed by atoms with Crippen molar-refractivity contribution in [3.63, 3.8) is 0 Å². The minimum absolute atomic E-state index is 0.438. The van der Waals surface area contributed by atoms with Crippen molar-refractivity contribution >= 4 is 33.9 Å². The van der Waals surface area contributed by atoms with Crippen molar-refractivity contribution in [3.8, 4) is 0 Å². The molecule has 2 heterocycles. The Bertz CT molecular complexity index is 683. The summed E-state index contributed by atoms with van der Waals surface area (Å²) < 4.78 is 0. The third-order valence-electron chi connectivity index (χ3n) is 4.63. The lowest BCUT2D eigenvalue weighted by atomic mass is 9.88. The van der Waals surface area contributed by atoms with Crippen molar-refractivity contribution < 1.29 is 0 Å². The van der Waals surface area contributed by atoms with Crippen LogP contribution in [0.1, 0.15) is 25.8 Å². The molecule has 21 heavy (non-hydrogen) atoms. The molecule has 3 nitrogen and oxygen atoms in total. The molecule has 2 N–H and O–H groups in total. The summed E-state index contributed by atoms with van der Waals surface area (Å²) >= 11 is 5.22. The molecule has 0 aliphatic carbocycles. The summed E-state index contributed by atoms with van der Waals surface area (Å²) in [4.78, 5) is 7.61. The van der Waals surface area contributed by atoms with Gasteiger partial charge in [-0.3, -0.25) is 0 Å². The van der Waals surface area contributed by atoms with Crippen molar-refractivity contribution in [1.82, 2.24) is 4.98 Å². The first-order valence-corrected chi connectivity index (χ1v) is 7.91. The standard InChI is InChI=1S/C17H21N3S/c1-11-7-8-20(10-12(11)2)16-9-14(17(18)21)13-5-3-4-6-15(13)19-16/h3-6,9,11-12H,7-8,10H2,1-2H3,(H2,18,21). The van der Waals surface area contributed by atoms with Gasteiger partial charge in [0.2, 0.25) is 0 Å². The maximum absolute atomic E-state index is 5.91. The van der Waals surface area contributed by atoms with Crippen LogP contribution in [-0.4, -0.2) is 23.1 Å². The molecular weight excluding hydrogens is 278 g/mol. The molecule has 1 saturated heterocycles. The predicted molar refractivity (Wildman–Crippen MR) is 92.8 cm³/mol. The molecule has 0 radical (unpaired) electrons. The molecule has 110 valence electrons. The van der Waals surface area contributed by atoms with E-state index in [1.54, 1.807) is 0 Å². The summed E-state index contributed by atoms with van der Waals surface area (Å²) in [6.45, 7) is 6.74. The van der Waals surface area contributed by atoms with Gasteiger partial charge in [0.1, 0.15) is 10.8 Å². The molecule has 1 aliphatic heterocycles. The van der Waals surface area contributed by atoms with Crippen LogP contribution in [0.15, 0.2) is 30.3 Å². The molecular formula is C17H21N3S. The number of thiocarbonyl (C=S) groups is 1. The fraction of sp³-hybridized carbons (Fsp3) is 0.412. The highest BCUT2D eigenvalue weighted by Crippen LogP contribution is 2.28. The molecule has 0 saturated carbocycles. The molecule has 0 bridgehead atoms. The highest BCUT2D eigenvalue weighted by atomic mass is 32.1. The minimum atomic E-state index is 0.438. The number of nitrogens with two attached hydrogens (primary N) is 1. The Balaban J connectivity index is 2.05. The Hall–Kier alpha value is -1.68. The second-order valence-corrected chi connectivity index (χ2v) is 6.54. The summed E-state index contributed by atoms with van der Waals surface area (Å²) in [5, 5.41) is 1.03. The number of hydrogen-bond donors (Lipinski definition) is 1. The van der Waals surface area contributed by atoms with E-state index < -0.39 is 0 Å². The average molecular weight is 299 g/mol.